The van der Waals surface area contributed by atoms with Crippen molar-refractivity contribution in [3.63, 3.8) is 0 Å². The first-order valence-electron chi connectivity index (χ1n) is 8.96. The number of phenolic OH excluding ortho intramolecular Hbond substituents is 2. The zero-order valence-corrected chi connectivity index (χ0v) is 15.9. The van der Waals surface area contributed by atoms with Crippen molar-refractivity contribution in [2.24, 2.45) is 0 Å². The van der Waals surface area contributed by atoms with E-state index in [2.05, 4.69) is 39.8 Å². The number of benzene rings is 2. The summed E-state index contributed by atoms with van der Waals surface area (Å²) in [4.78, 5) is 0. The number of hydrogen-bond donors (Lipinski definition) is 2. The Morgan fingerprint density at radius 1 is 0.870 bits per heavy atom. The standard InChI is InChI=1S/C20H30O2Si/c1-5-9-17-16(14-23(6-2,7-3)8-4)11-10-15-12-19(21)20(22)13-18(15)17/h10-13,21-22H,5-9,14H2,1-4H3. The maximum absolute atomic E-state index is 9.93. The molecule has 0 amide bonds. The molecule has 0 bridgehead atoms. The van der Waals surface area contributed by atoms with Gasteiger partial charge in [0.25, 0.3) is 0 Å². The summed E-state index contributed by atoms with van der Waals surface area (Å²) in [6.07, 6.45) is 2.12. The summed E-state index contributed by atoms with van der Waals surface area (Å²) >= 11 is 0. The molecule has 3 heteroatoms. The van der Waals surface area contributed by atoms with Crippen molar-refractivity contribution in [1.82, 2.24) is 0 Å². The number of phenols is 2. The molecular formula is C20H30O2Si. The lowest BCUT2D eigenvalue weighted by Gasteiger charge is -2.29. The summed E-state index contributed by atoms with van der Waals surface area (Å²) in [5, 5.41) is 21.8. The third kappa shape index (κ3) is 3.55. The van der Waals surface area contributed by atoms with Crippen LogP contribution in [-0.2, 0) is 12.5 Å². The zero-order valence-electron chi connectivity index (χ0n) is 14.9. The lowest BCUT2D eigenvalue weighted by molar-refractivity contribution is 0.405. The molecule has 2 nitrogen and oxygen atoms in total. The van der Waals surface area contributed by atoms with Gasteiger partial charge in [0.15, 0.2) is 11.5 Å². The number of rotatable bonds is 7. The molecule has 0 radical (unpaired) electrons. The summed E-state index contributed by atoms with van der Waals surface area (Å²) in [6, 6.07) is 13.0. The molecule has 0 spiro atoms. The number of fused-ring (bicyclic) bond motifs is 1. The van der Waals surface area contributed by atoms with E-state index in [9.17, 15) is 10.2 Å². The van der Waals surface area contributed by atoms with Crippen molar-refractivity contribution in [1.29, 1.82) is 0 Å². The zero-order chi connectivity index (χ0) is 17.0. The van der Waals surface area contributed by atoms with Crippen LogP contribution in [0.4, 0.5) is 0 Å². The van der Waals surface area contributed by atoms with Crippen molar-refractivity contribution in [2.75, 3.05) is 0 Å². The molecule has 0 saturated carbocycles. The first-order valence-corrected chi connectivity index (χ1v) is 11.8. The van der Waals surface area contributed by atoms with Gasteiger partial charge < -0.3 is 10.2 Å². The minimum atomic E-state index is -1.24. The van der Waals surface area contributed by atoms with Crippen LogP contribution in [0.15, 0.2) is 24.3 Å². The Labute approximate surface area is 141 Å². The summed E-state index contributed by atoms with van der Waals surface area (Å²) in [5.74, 6) is -0.0518. The average molecular weight is 331 g/mol. The molecule has 0 aliphatic rings. The summed E-state index contributed by atoms with van der Waals surface area (Å²) in [5.41, 5.74) is 2.83. The van der Waals surface area contributed by atoms with E-state index in [1.54, 1.807) is 12.1 Å². The molecule has 0 aromatic heterocycles. The van der Waals surface area contributed by atoms with Gasteiger partial charge in [0.2, 0.25) is 0 Å². The second-order valence-corrected chi connectivity index (χ2v) is 12.2. The highest BCUT2D eigenvalue weighted by Crippen LogP contribution is 2.35. The minimum absolute atomic E-state index is 0.0167. The Morgan fingerprint density at radius 2 is 1.48 bits per heavy atom. The van der Waals surface area contributed by atoms with Crippen LogP contribution < -0.4 is 0 Å². The highest BCUT2D eigenvalue weighted by molar-refractivity contribution is 6.79. The third-order valence-electron chi connectivity index (χ3n) is 5.64. The van der Waals surface area contributed by atoms with Crippen LogP contribution in [0.5, 0.6) is 11.5 Å². The average Bonchev–Trinajstić information content (AvgIpc) is 2.56. The maximum Gasteiger partial charge on any atom is 0.158 e. The second kappa shape index (κ2) is 7.39. The van der Waals surface area contributed by atoms with Gasteiger partial charge in [-0.05, 0) is 46.5 Å². The van der Waals surface area contributed by atoms with Gasteiger partial charge in [-0.15, -0.1) is 0 Å². The molecule has 0 aliphatic heterocycles. The molecule has 0 fully saturated rings. The van der Waals surface area contributed by atoms with Crippen LogP contribution in [0, 0.1) is 0 Å². The lowest BCUT2D eigenvalue weighted by Crippen LogP contribution is -2.35. The van der Waals surface area contributed by atoms with Crippen LogP contribution >= 0.6 is 0 Å². The van der Waals surface area contributed by atoms with Gasteiger partial charge >= 0.3 is 0 Å². The molecular weight excluding hydrogens is 300 g/mol. The van der Waals surface area contributed by atoms with Crippen LogP contribution in [0.25, 0.3) is 10.8 Å². The van der Waals surface area contributed by atoms with Crippen LogP contribution in [0.3, 0.4) is 0 Å². The van der Waals surface area contributed by atoms with Crippen molar-refractivity contribution in [3.8, 4) is 11.5 Å². The molecule has 0 aliphatic carbocycles. The largest absolute Gasteiger partial charge is 0.504 e. The van der Waals surface area contributed by atoms with E-state index in [0.717, 1.165) is 23.6 Å². The van der Waals surface area contributed by atoms with E-state index in [-0.39, 0.29) is 11.5 Å². The fraction of sp³-hybridized carbons (Fsp3) is 0.500. The first kappa shape index (κ1) is 17.9. The molecule has 2 aromatic carbocycles. The topological polar surface area (TPSA) is 40.5 Å². The normalized spacial score (nSPS) is 12.0. The van der Waals surface area contributed by atoms with Gasteiger partial charge in [0, 0.05) is 0 Å². The van der Waals surface area contributed by atoms with E-state index in [1.807, 2.05) is 0 Å². The van der Waals surface area contributed by atoms with Gasteiger partial charge in [-0.2, -0.15) is 0 Å². The molecule has 126 valence electrons. The van der Waals surface area contributed by atoms with Crippen molar-refractivity contribution in [2.45, 2.75) is 64.7 Å². The van der Waals surface area contributed by atoms with E-state index >= 15 is 0 Å². The number of aryl methyl sites for hydroxylation is 1. The molecule has 2 rings (SSSR count). The quantitative estimate of drug-likeness (QED) is 0.498. The second-order valence-electron chi connectivity index (χ2n) is 6.75. The van der Waals surface area contributed by atoms with Gasteiger partial charge in [-0.1, -0.05) is 64.4 Å². The predicted octanol–water partition coefficient (Wildman–Crippen LogP) is 5.79. The summed E-state index contributed by atoms with van der Waals surface area (Å²) in [7, 11) is -1.24. The third-order valence-corrected chi connectivity index (χ3v) is 11.3. The maximum atomic E-state index is 9.93. The van der Waals surface area contributed by atoms with Crippen LogP contribution in [0.2, 0.25) is 18.1 Å². The molecule has 0 heterocycles. The van der Waals surface area contributed by atoms with Crippen LogP contribution in [0.1, 0.15) is 45.2 Å². The summed E-state index contributed by atoms with van der Waals surface area (Å²) in [6.45, 7) is 9.25. The Bertz CT molecular complexity index is 667. The molecule has 23 heavy (non-hydrogen) atoms. The van der Waals surface area contributed by atoms with E-state index < -0.39 is 8.07 Å². The minimum Gasteiger partial charge on any atom is -0.504 e. The van der Waals surface area contributed by atoms with Gasteiger partial charge in [-0.25, -0.2) is 0 Å². The van der Waals surface area contributed by atoms with Gasteiger partial charge in [0.05, 0.1) is 8.07 Å². The Kier molecular flexibility index (Phi) is 5.74. The fourth-order valence-corrected chi connectivity index (χ4v) is 7.09. The predicted molar refractivity (Wildman–Crippen MR) is 102 cm³/mol. The SMILES string of the molecule is CCCc1c(C[Si](CC)(CC)CC)ccc2cc(O)c(O)cc12. The highest BCUT2D eigenvalue weighted by Gasteiger charge is 2.28. The number of aromatic hydroxyl groups is 2. The number of hydrogen-bond acceptors (Lipinski definition) is 2. The first-order chi connectivity index (χ1) is 11.0. The molecule has 2 N–H and O–H groups in total. The highest BCUT2D eigenvalue weighted by atomic mass is 28.3. The summed E-state index contributed by atoms with van der Waals surface area (Å²) < 4.78 is 0. The van der Waals surface area contributed by atoms with E-state index in [1.165, 1.54) is 35.3 Å². The monoisotopic (exact) mass is 330 g/mol. The van der Waals surface area contributed by atoms with Crippen molar-refractivity contribution in [3.05, 3.63) is 35.4 Å². The smallest absolute Gasteiger partial charge is 0.158 e. The van der Waals surface area contributed by atoms with Gasteiger partial charge in [0.1, 0.15) is 0 Å². The van der Waals surface area contributed by atoms with Gasteiger partial charge in [-0.3, -0.25) is 0 Å². The van der Waals surface area contributed by atoms with Crippen molar-refractivity contribution < 1.29 is 10.2 Å². The molecule has 0 atom stereocenters. The van der Waals surface area contributed by atoms with E-state index in [4.69, 9.17) is 0 Å². The van der Waals surface area contributed by atoms with Crippen molar-refractivity contribution >= 4 is 18.8 Å². The Morgan fingerprint density at radius 3 is 2.04 bits per heavy atom. The Balaban J connectivity index is 2.59. The fourth-order valence-electron chi connectivity index (χ4n) is 3.70. The van der Waals surface area contributed by atoms with E-state index in [0.29, 0.717) is 0 Å². The van der Waals surface area contributed by atoms with Crippen LogP contribution in [-0.4, -0.2) is 18.3 Å². The Hall–Kier alpha value is -1.48. The molecule has 0 saturated heterocycles. The molecule has 0 unspecified atom stereocenters. The molecule has 2 aromatic rings. The lowest BCUT2D eigenvalue weighted by atomic mass is 9.96.